The van der Waals surface area contributed by atoms with Crippen LogP contribution in [0.1, 0.15) is 26.3 Å². The van der Waals surface area contributed by atoms with Gasteiger partial charge >= 0.3 is 0 Å². The van der Waals surface area contributed by atoms with E-state index in [9.17, 15) is 8.42 Å². The number of rotatable bonds is 5. The second-order valence-electron chi connectivity index (χ2n) is 4.55. The second-order valence-corrected chi connectivity index (χ2v) is 6.58. The Kier molecular flexibility index (Phi) is 5.38. The van der Waals surface area contributed by atoms with Crippen molar-refractivity contribution in [2.75, 3.05) is 0 Å². The summed E-state index contributed by atoms with van der Waals surface area (Å²) >= 11 is 5.75. The number of nitrogens with one attached hydrogen (secondary N) is 1. The molecule has 0 spiro atoms. The van der Waals surface area contributed by atoms with Crippen molar-refractivity contribution >= 4 is 27.7 Å². The van der Waals surface area contributed by atoms with Crippen LogP contribution in [-0.2, 0) is 10.0 Å². The zero-order valence-corrected chi connectivity index (χ0v) is 12.3. The molecule has 1 unspecified atom stereocenters. The molecule has 1 aromatic carbocycles. The Hall–Kier alpha value is -0.840. The Balaban J connectivity index is 2.74. The van der Waals surface area contributed by atoms with Gasteiger partial charge in [-0.05, 0) is 36.6 Å². The van der Waals surface area contributed by atoms with Crippen LogP contribution in [-0.4, -0.2) is 14.5 Å². The molecule has 0 radical (unpaired) electrons. The Bertz CT molecular complexity index is 506. The summed E-state index contributed by atoms with van der Waals surface area (Å²) in [7, 11) is -3.40. The molecule has 18 heavy (non-hydrogen) atoms. The summed E-state index contributed by atoms with van der Waals surface area (Å²) in [4.78, 5) is 0. The first-order valence-electron chi connectivity index (χ1n) is 5.76. The summed E-state index contributed by atoms with van der Waals surface area (Å²) in [5, 5.41) is 1.80. The third kappa shape index (κ3) is 5.21. The quantitative estimate of drug-likeness (QED) is 0.903. The smallest absolute Gasteiger partial charge is 0.209 e. The Morgan fingerprint density at radius 1 is 1.17 bits per heavy atom. The SMILES string of the molecule is CC(C)C(C)NS(=O)(=O)/C=C/c1ccc(Cl)cc1. The highest BCUT2D eigenvalue weighted by molar-refractivity contribution is 7.92. The van der Waals surface area contributed by atoms with Crippen molar-refractivity contribution in [1.29, 1.82) is 0 Å². The van der Waals surface area contributed by atoms with Gasteiger partial charge in [0.1, 0.15) is 0 Å². The third-order valence-corrected chi connectivity index (χ3v) is 4.11. The van der Waals surface area contributed by atoms with Gasteiger partial charge < -0.3 is 0 Å². The summed E-state index contributed by atoms with van der Waals surface area (Å²) in [6.45, 7) is 5.78. The highest BCUT2D eigenvalue weighted by Gasteiger charge is 2.13. The molecule has 0 amide bonds. The molecular formula is C13H18ClNO2S. The first-order valence-corrected chi connectivity index (χ1v) is 7.68. The van der Waals surface area contributed by atoms with Crippen LogP contribution in [0.2, 0.25) is 5.02 Å². The number of halogens is 1. The lowest BCUT2D eigenvalue weighted by molar-refractivity contribution is 0.480. The third-order valence-electron chi connectivity index (χ3n) is 2.66. The molecule has 1 rings (SSSR count). The minimum absolute atomic E-state index is 0.0927. The van der Waals surface area contributed by atoms with Gasteiger partial charge in [-0.3, -0.25) is 0 Å². The van der Waals surface area contributed by atoms with Gasteiger partial charge in [-0.2, -0.15) is 0 Å². The molecule has 0 aliphatic heterocycles. The molecule has 0 aromatic heterocycles. The molecular weight excluding hydrogens is 270 g/mol. The van der Waals surface area contributed by atoms with Crippen LogP contribution < -0.4 is 4.72 Å². The lowest BCUT2D eigenvalue weighted by atomic mass is 10.1. The molecule has 3 nitrogen and oxygen atoms in total. The highest BCUT2D eigenvalue weighted by atomic mass is 35.5. The molecule has 1 atom stereocenters. The van der Waals surface area contributed by atoms with Crippen molar-refractivity contribution < 1.29 is 8.42 Å². The van der Waals surface area contributed by atoms with Crippen LogP contribution in [0.25, 0.3) is 6.08 Å². The van der Waals surface area contributed by atoms with Crippen molar-refractivity contribution in [3.05, 3.63) is 40.3 Å². The van der Waals surface area contributed by atoms with E-state index in [2.05, 4.69) is 4.72 Å². The van der Waals surface area contributed by atoms with E-state index < -0.39 is 10.0 Å². The fraction of sp³-hybridized carbons (Fsp3) is 0.385. The molecule has 100 valence electrons. The van der Waals surface area contributed by atoms with Crippen molar-refractivity contribution in [2.45, 2.75) is 26.8 Å². The van der Waals surface area contributed by atoms with Gasteiger partial charge in [0.15, 0.2) is 0 Å². The minimum Gasteiger partial charge on any atom is -0.209 e. The maximum Gasteiger partial charge on any atom is 0.233 e. The van der Waals surface area contributed by atoms with E-state index in [1.165, 1.54) is 5.41 Å². The van der Waals surface area contributed by atoms with Crippen LogP contribution in [0.4, 0.5) is 0 Å². The molecule has 0 bridgehead atoms. The van der Waals surface area contributed by atoms with Crippen LogP contribution in [0, 0.1) is 5.92 Å². The van der Waals surface area contributed by atoms with Crippen molar-refractivity contribution in [2.24, 2.45) is 5.92 Å². The molecule has 0 saturated carbocycles. The van der Waals surface area contributed by atoms with Gasteiger partial charge in [-0.15, -0.1) is 0 Å². The zero-order valence-electron chi connectivity index (χ0n) is 10.7. The zero-order chi connectivity index (χ0) is 13.8. The van der Waals surface area contributed by atoms with Crippen molar-refractivity contribution in [3.8, 4) is 0 Å². The number of hydrogen-bond donors (Lipinski definition) is 1. The predicted molar refractivity (Wildman–Crippen MR) is 76.8 cm³/mol. The number of sulfonamides is 1. The van der Waals surface area contributed by atoms with Gasteiger partial charge in [-0.1, -0.05) is 37.6 Å². The summed E-state index contributed by atoms with van der Waals surface area (Å²) in [6.07, 6.45) is 1.55. The van der Waals surface area contributed by atoms with E-state index in [4.69, 9.17) is 11.6 Å². The summed E-state index contributed by atoms with van der Waals surface area (Å²) < 4.78 is 26.1. The van der Waals surface area contributed by atoms with E-state index in [0.717, 1.165) is 5.56 Å². The van der Waals surface area contributed by atoms with E-state index in [1.54, 1.807) is 30.3 Å². The fourth-order valence-corrected chi connectivity index (χ4v) is 2.51. The first kappa shape index (κ1) is 15.2. The molecule has 0 saturated heterocycles. The lowest BCUT2D eigenvalue weighted by Crippen LogP contribution is -2.34. The Morgan fingerprint density at radius 2 is 1.72 bits per heavy atom. The normalized spacial score (nSPS) is 14.3. The Morgan fingerprint density at radius 3 is 2.22 bits per heavy atom. The van der Waals surface area contributed by atoms with E-state index in [1.807, 2.05) is 20.8 Å². The van der Waals surface area contributed by atoms with Gasteiger partial charge in [0.05, 0.1) is 0 Å². The van der Waals surface area contributed by atoms with Crippen LogP contribution in [0.5, 0.6) is 0 Å². The van der Waals surface area contributed by atoms with Crippen molar-refractivity contribution in [3.63, 3.8) is 0 Å². The molecule has 0 aliphatic rings. The molecule has 0 heterocycles. The maximum absolute atomic E-state index is 11.8. The van der Waals surface area contributed by atoms with E-state index >= 15 is 0 Å². The summed E-state index contributed by atoms with van der Waals surface area (Å²) in [5.41, 5.74) is 0.793. The van der Waals surface area contributed by atoms with E-state index in [-0.39, 0.29) is 12.0 Å². The number of benzene rings is 1. The van der Waals surface area contributed by atoms with Gasteiger partial charge in [0, 0.05) is 16.5 Å². The first-order chi connectivity index (χ1) is 8.30. The lowest BCUT2D eigenvalue weighted by Gasteiger charge is -2.15. The molecule has 0 fully saturated rings. The minimum atomic E-state index is -3.40. The molecule has 1 aromatic rings. The highest BCUT2D eigenvalue weighted by Crippen LogP contribution is 2.11. The standard InChI is InChI=1S/C13H18ClNO2S/c1-10(2)11(3)15-18(16,17)9-8-12-4-6-13(14)7-5-12/h4-11,15H,1-3H3/b9-8+. The largest absolute Gasteiger partial charge is 0.233 e. The van der Waals surface area contributed by atoms with Crippen LogP contribution in [0.15, 0.2) is 29.7 Å². The van der Waals surface area contributed by atoms with Crippen LogP contribution >= 0.6 is 11.6 Å². The van der Waals surface area contributed by atoms with E-state index in [0.29, 0.717) is 5.02 Å². The number of hydrogen-bond acceptors (Lipinski definition) is 2. The molecule has 0 aliphatic carbocycles. The average molecular weight is 288 g/mol. The monoisotopic (exact) mass is 287 g/mol. The Labute approximate surface area is 114 Å². The van der Waals surface area contributed by atoms with Crippen molar-refractivity contribution in [1.82, 2.24) is 4.72 Å². The fourth-order valence-electron chi connectivity index (χ4n) is 1.18. The molecule has 5 heteroatoms. The summed E-state index contributed by atoms with van der Waals surface area (Å²) in [5.74, 6) is 0.253. The molecule has 1 N–H and O–H groups in total. The predicted octanol–water partition coefficient (Wildman–Crippen LogP) is 3.27. The van der Waals surface area contributed by atoms with Gasteiger partial charge in [-0.25, -0.2) is 13.1 Å². The maximum atomic E-state index is 11.8. The van der Waals surface area contributed by atoms with Crippen LogP contribution in [0.3, 0.4) is 0 Å². The van der Waals surface area contributed by atoms with Gasteiger partial charge in [0.2, 0.25) is 10.0 Å². The topological polar surface area (TPSA) is 46.2 Å². The van der Waals surface area contributed by atoms with Gasteiger partial charge in [0.25, 0.3) is 0 Å². The average Bonchev–Trinajstić information content (AvgIpc) is 2.27. The second kappa shape index (κ2) is 6.36. The summed E-state index contributed by atoms with van der Waals surface area (Å²) in [6, 6.07) is 6.88.